The Morgan fingerprint density at radius 2 is 1.93 bits per heavy atom. The second-order valence-corrected chi connectivity index (χ2v) is 5.75. The van der Waals surface area contributed by atoms with Gasteiger partial charge in [0.1, 0.15) is 0 Å². The normalized spacial score (nSPS) is 32.3. The molecule has 0 bridgehead atoms. The molecule has 1 saturated carbocycles. The summed E-state index contributed by atoms with van der Waals surface area (Å²) in [6.45, 7) is 7.28. The van der Waals surface area contributed by atoms with Gasteiger partial charge in [0, 0.05) is 6.04 Å². The summed E-state index contributed by atoms with van der Waals surface area (Å²) in [7, 11) is 0. The Balaban J connectivity index is 1.98. The van der Waals surface area contributed by atoms with Crippen LogP contribution >= 0.6 is 0 Å². The molecule has 1 unspecified atom stereocenters. The third-order valence-electron chi connectivity index (χ3n) is 3.96. The first kappa shape index (κ1) is 10.9. The van der Waals surface area contributed by atoms with Crippen molar-refractivity contribution in [2.45, 2.75) is 58.7 Å². The van der Waals surface area contributed by atoms with E-state index in [0.717, 1.165) is 0 Å². The number of nitrogens with zero attached hydrogens (tertiary/aromatic N) is 1. The van der Waals surface area contributed by atoms with Crippen molar-refractivity contribution in [3.8, 4) is 0 Å². The van der Waals surface area contributed by atoms with E-state index in [0.29, 0.717) is 18.0 Å². The molecule has 1 atom stereocenters. The van der Waals surface area contributed by atoms with Crippen molar-refractivity contribution in [2.75, 3.05) is 6.54 Å². The van der Waals surface area contributed by atoms with Crippen molar-refractivity contribution >= 4 is 5.91 Å². The molecule has 1 aliphatic carbocycles. The zero-order valence-electron chi connectivity index (χ0n) is 10.0. The monoisotopic (exact) mass is 210 g/mol. The average Bonchev–Trinajstić information content (AvgIpc) is 2.48. The molecule has 2 fully saturated rings. The van der Waals surface area contributed by atoms with E-state index in [9.17, 15) is 4.79 Å². The quantitative estimate of drug-likeness (QED) is 0.715. The van der Waals surface area contributed by atoms with E-state index in [4.69, 9.17) is 0 Å². The predicted octanol–water partition coefficient (Wildman–Crippen LogP) is 1.73. The van der Waals surface area contributed by atoms with E-state index in [1.807, 2.05) is 0 Å². The highest BCUT2D eigenvalue weighted by molar-refractivity contribution is 5.80. The van der Waals surface area contributed by atoms with Crippen LogP contribution in [0.15, 0.2) is 0 Å². The maximum Gasteiger partial charge on any atom is 0.238 e. The maximum absolute atomic E-state index is 11.7. The third-order valence-corrected chi connectivity index (χ3v) is 3.96. The number of hydrogen-bond acceptors (Lipinski definition) is 2. The predicted molar refractivity (Wildman–Crippen MR) is 60.3 cm³/mol. The molecule has 3 heteroatoms. The lowest BCUT2D eigenvalue weighted by Crippen LogP contribution is -2.45. The van der Waals surface area contributed by atoms with E-state index in [1.54, 1.807) is 0 Å². The molecule has 1 saturated heterocycles. The van der Waals surface area contributed by atoms with Crippen LogP contribution in [0.1, 0.15) is 46.5 Å². The van der Waals surface area contributed by atoms with Crippen LogP contribution in [0.25, 0.3) is 0 Å². The summed E-state index contributed by atoms with van der Waals surface area (Å²) in [6, 6.07) is 0.482. The molecule has 0 radical (unpaired) electrons. The Morgan fingerprint density at radius 3 is 2.40 bits per heavy atom. The first-order valence-corrected chi connectivity index (χ1v) is 6.04. The summed E-state index contributed by atoms with van der Waals surface area (Å²) >= 11 is 0. The lowest BCUT2D eigenvalue weighted by atomic mass is 9.75. The van der Waals surface area contributed by atoms with Gasteiger partial charge in [-0.1, -0.05) is 13.8 Å². The molecule has 2 rings (SSSR count). The van der Waals surface area contributed by atoms with Crippen molar-refractivity contribution in [2.24, 2.45) is 5.41 Å². The highest BCUT2D eigenvalue weighted by atomic mass is 16.2. The van der Waals surface area contributed by atoms with E-state index < -0.39 is 0 Å². The van der Waals surface area contributed by atoms with Crippen molar-refractivity contribution in [1.29, 1.82) is 0 Å². The van der Waals surface area contributed by atoms with Crippen LogP contribution in [0.4, 0.5) is 0 Å². The Bertz CT molecular complexity index is 252. The first-order chi connectivity index (χ1) is 6.99. The van der Waals surface area contributed by atoms with Gasteiger partial charge >= 0.3 is 0 Å². The number of nitrogens with one attached hydrogen (secondary N) is 1. The largest absolute Gasteiger partial charge is 0.323 e. The number of amides is 1. The summed E-state index contributed by atoms with van der Waals surface area (Å²) < 4.78 is 0. The molecule has 0 aromatic rings. The fraction of sp³-hybridized carbons (Fsp3) is 0.917. The van der Waals surface area contributed by atoms with Crippen molar-refractivity contribution in [1.82, 2.24) is 10.2 Å². The molecule has 1 aliphatic heterocycles. The third kappa shape index (κ3) is 2.17. The summed E-state index contributed by atoms with van der Waals surface area (Å²) in [4.78, 5) is 13.8. The summed E-state index contributed by atoms with van der Waals surface area (Å²) in [6.07, 6.45) is 5.07. The van der Waals surface area contributed by atoms with Crippen molar-refractivity contribution < 1.29 is 4.79 Å². The summed E-state index contributed by atoms with van der Waals surface area (Å²) in [5.41, 5.74) is 0.482. The smallest absolute Gasteiger partial charge is 0.238 e. The van der Waals surface area contributed by atoms with Crippen LogP contribution in [0.5, 0.6) is 0 Å². The van der Waals surface area contributed by atoms with Crippen LogP contribution in [0.2, 0.25) is 0 Å². The van der Waals surface area contributed by atoms with Gasteiger partial charge in [-0.2, -0.15) is 0 Å². The number of carbonyl (C=O) groups is 1. The van der Waals surface area contributed by atoms with Gasteiger partial charge in [-0.05, 0) is 38.0 Å². The van der Waals surface area contributed by atoms with Gasteiger partial charge in [0.2, 0.25) is 5.91 Å². The minimum atomic E-state index is 0.240. The van der Waals surface area contributed by atoms with E-state index in [1.165, 1.54) is 25.7 Å². The molecule has 86 valence electrons. The van der Waals surface area contributed by atoms with Crippen LogP contribution in [-0.4, -0.2) is 29.6 Å². The highest BCUT2D eigenvalue weighted by Gasteiger charge is 2.36. The van der Waals surface area contributed by atoms with Gasteiger partial charge in [0.25, 0.3) is 0 Å². The van der Waals surface area contributed by atoms with E-state index in [-0.39, 0.29) is 12.1 Å². The minimum absolute atomic E-state index is 0.240. The number of carbonyl (C=O) groups excluding carboxylic acids is 1. The van der Waals surface area contributed by atoms with Gasteiger partial charge in [-0.3, -0.25) is 10.1 Å². The Labute approximate surface area is 92.2 Å². The molecule has 0 spiro atoms. The van der Waals surface area contributed by atoms with Crippen LogP contribution in [-0.2, 0) is 4.79 Å². The van der Waals surface area contributed by atoms with Crippen molar-refractivity contribution in [3.05, 3.63) is 0 Å². The molecule has 15 heavy (non-hydrogen) atoms. The van der Waals surface area contributed by atoms with Gasteiger partial charge in [0.15, 0.2) is 0 Å². The Morgan fingerprint density at radius 1 is 1.33 bits per heavy atom. The molecule has 0 aromatic heterocycles. The molecule has 2 aliphatic rings. The second kappa shape index (κ2) is 3.78. The lowest BCUT2D eigenvalue weighted by molar-refractivity contribution is -0.131. The zero-order chi connectivity index (χ0) is 11.1. The molecule has 1 amide bonds. The van der Waals surface area contributed by atoms with E-state index >= 15 is 0 Å². The average molecular weight is 210 g/mol. The fourth-order valence-electron chi connectivity index (χ4n) is 2.82. The standard InChI is InChI=1S/C12H22N2O/c1-9-13-8-11(15)14(9)10-4-6-12(2,3)7-5-10/h9-10,13H,4-8H2,1-3H3. The highest BCUT2D eigenvalue weighted by Crippen LogP contribution is 2.37. The Hall–Kier alpha value is -0.570. The second-order valence-electron chi connectivity index (χ2n) is 5.75. The number of hydrogen-bond donors (Lipinski definition) is 1. The molecular weight excluding hydrogens is 188 g/mol. The molecule has 3 nitrogen and oxygen atoms in total. The number of rotatable bonds is 1. The zero-order valence-corrected chi connectivity index (χ0v) is 10.0. The summed E-state index contributed by atoms with van der Waals surface area (Å²) in [5.74, 6) is 0.284. The van der Waals surface area contributed by atoms with Crippen LogP contribution < -0.4 is 5.32 Å². The van der Waals surface area contributed by atoms with Gasteiger partial charge in [-0.15, -0.1) is 0 Å². The SMILES string of the molecule is CC1NCC(=O)N1C1CCC(C)(C)CC1. The van der Waals surface area contributed by atoms with Gasteiger partial charge < -0.3 is 4.90 Å². The van der Waals surface area contributed by atoms with Gasteiger partial charge in [-0.25, -0.2) is 0 Å². The summed E-state index contributed by atoms with van der Waals surface area (Å²) in [5, 5.41) is 3.21. The molecular formula is C12H22N2O. The molecule has 1 N–H and O–H groups in total. The van der Waals surface area contributed by atoms with E-state index in [2.05, 4.69) is 31.0 Å². The molecule has 1 heterocycles. The maximum atomic E-state index is 11.7. The lowest BCUT2D eigenvalue weighted by Gasteiger charge is -2.40. The molecule has 0 aromatic carbocycles. The fourth-order valence-corrected chi connectivity index (χ4v) is 2.82. The first-order valence-electron chi connectivity index (χ1n) is 6.04. The Kier molecular flexibility index (Phi) is 2.75. The topological polar surface area (TPSA) is 32.3 Å². The van der Waals surface area contributed by atoms with Crippen LogP contribution in [0, 0.1) is 5.41 Å². The van der Waals surface area contributed by atoms with Gasteiger partial charge in [0.05, 0.1) is 12.7 Å². The van der Waals surface area contributed by atoms with Crippen molar-refractivity contribution in [3.63, 3.8) is 0 Å². The minimum Gasteiger partial charge on any atom is -0.323 e. The van der Waals surface area contributed by atoms with Crippen LogP contribution in [0.3, 0.4) is 0 Å².